The van der Waals surface area contributed by atoms with Gasteiger partial charge in [0.25, 0.3) is 5.72 Å². The van der Waals surface area contributed by atoms with E-state index in [1.165, 1.54) is 19.3 Å². The standard InChI is InChI=1S/C27H30N2O4/c1-18(27(26(30)31)29-33-27)25(20-8-3-2-4-9-20)21-12-15-23(16-13-21)32-17-22-14-11-19-7-5-6-10-24(19)28-22/h5-7,10-16,18,20,25,29H,2-4,8-9,17H2,1H3,(H,30,31). The zero-order chi connectivity index (χ0) is 22.8. The van der Waals surface area contributed by atoms with Crippen LogP contribution < -0.4 is 10.2 Å². The minimum Gasteiger partial charge on any atom is -0.487 e. The Hall–Kier alpha value is -2.96. The van der Waals surface area contributed by atoms with Crippen molar-refractivity contribution in [3.05, 3.63) is 71.9 Å². The zero-order valence-electron chi connectivity index (χ0n) is 18.9. The molecule has 0 spiro atoms. The van der Waals surface area contributed by atoms with E-state index in [2.05, 4.69) is 28.7 Å². The lowest BCUT2D eigenvalue weighted by atomic mass is 9.69. The molecule has 2 aliphatic rings. The molecule has 1 aromatic heterocycles. The molecule has 2 fully saturated rings. The van der Waals surface area contributed by atoms with E-state index >= 15 is 0 Å². The average Bonchev–Trinajstić information content (AvgIpc) is 3.67. The van der Waals surface area contributed by atoms with E-state index in [9.17, 15) is 9.90 Å². The van der Waals surface area contributed by atoms with Gasteiger partial charge in [0.1, 0.15) is 12.4 Å². The first-order valence-electron chi connectivity index (χ1n) is 11.8. The molecule has 3 unspecified atom stereocenters. The van der Waals surface area contributed by atoms with E-state index in [1.807, 2.05) is 49.4 Å². The van der Waals surface area contributed by atoms with E-state index in [1.54, 1.807) is 0 Å². The lowest BCUT2D eigenvalue weighted by molar-refractivity contribution is -0.146. The van der Waals surface area contributed by atoms with Gasteiger partial charge < -0.3 is 9.84 Å². The van der Waals surface area contributed by atoms with Gasteiger partial charge in [0.05, 0.1) is 11.2 Å². The Balaban J connectivity index is 1.32. The van der Waals surface area contributed by atoms with E-state index in [4.69, 9.17) is 9.57 Å². The molecule has 0 bridgehead atoms. The van der Waals surface area contributed by atoms with Crippen LogP contribution in [-0.2, 0) is 16.2 Å². The number of rotatable bonds is 8. The van der Waals surface area contributed by atoms with Crippen LogP contribution >= 0.6 is 0 Å². The minimum atomic E-state index is -1.28. The lowest BCUT2D eigenvalue weighted by Gasteiger charge is -2.35. The topological polar surface area (TPSA) is 93.9 Å². The highest BCUT2D eigenvalue weighted by molar-refractivity contribution is 5.79. The molecule has 3 aromatic rings. The molecule has 0 radical (unpaired) electrons. The number of benzene rings is 2. The summed E-state index contributed by atoms with van der Waals surface area (Å²) in [7, 11) is 0. The maximum atomic E-state index is 11.9. The Bertz CT molecular complexity index is 1120. The van der Waals surface area contributed by atoms with Gasteiger partial charge in [-0.1, -0.05) is 62.6 Å². The van der Waals surface area contributed by atoms with E-state index in [-0.39, 0.29) is 11.8 Å². The van der Waals surface area contributed by atoms with Crippen molar-refractivity contribution in [3.8, 4) is 5.75 Å². The summed E-state index contributed by atoms with van der Waals surface area (Å²) in [5.74, 6) is 0.194. The third-order valence-corrected chi connectivity index (χ3v) is 7.29. The van der Waals surface area contributed by atoms with Crippen molar-refractivity contribution >= 4 is 16.9 Å². The molecule has 2 N–H and O–H groups in total. The number of carbonyl (C=O) groups is 1. The van der Waals surface area contributed by atoms with E-state index < -0.39 is 11.7 Å². The van der Waals surface area contributed by atoms with Crippen molar-refractivity contribution in [2.75, 3.05) is 0 Å². The maximum Gasteiger partial charge on any atom is 0.355 e. The second-order valence-electron chi connectivity index (χ2n) is 9.31. The van der Waals surface area contributed by atoms with Gasteiger partial charge in [-0.3, -0.25) is 4.84 Å². The lowest BCUT2D eigenvalue weighted by Crippen LogP contribution is -2.40. The first kappa shape index (κ1) is 21.9. The highest BCUT2D eigenvalue weighted by Crippen LogP contribution is 2.47. The molecular weight excluding hydrogens is 416 g/mol. The van der Waals surface area contributed by atoms with Crippen LogP contribution in [0.2, 0.25) is 0 Å². The number of carboxylic acid groups (broad SMARTS) is 1. The van der Waals surface area contributed by atoms with Crippen molar-refractivity contribution < 1.29 is 19.5 Å². The van der Waals surface area contributed by atoms with Crippen LogP contribution in [0.3, 0.4) is 0 Å². The quantitative estimate of drug-likeness (QED) is 0.448. The van der Waals surface area contributed by atoms with Crippen LogP contribution in [0.15, 0.2) is 60.7 Å². The van der Waals surface area contributed by atoms with Gasteiger partial charge in [-0.2, -0.15) is 5.48 Å². The van der Waals surface area contributed by atoms with Gasteiger partial charge in [0.15, 0.2) is 0 Å². The molecule has 1 saturated heterocycles. The van der Waals surface area contributed by atoms with Gasteiger partial charge >= 0.3 is 5.97 Å². The number of nitrogens with one attached hydrogen (secondary N) is 1. The van der Waals surface area contributed by atoms with Crippen LogP contribution in [0.1, 0.15) is 56.2 Å². The Labute approximate surface area is 193 Å². The molecule has 172 valence electrons. The largest absolute Gasteiger partial charge is 0.487 e. The molecule has 6 heteroatoms. The second kappa shape index (κ2) is 9.12. The number of carboxylic acids is 1. The molecule has 0 amide bonds. The van der Waals surface area contributed by atoms with Gasteiger partial charge in [0, 0.05) is 11.3 Å². The number of hydrogen-bond acceptors (Lipinski definition) is 5. The number of para-hydroxylation sites is 1. The summed E-state index contributed by atoms with van der Waals surface area (Å²) in [6, 6.07) is 20.2. The van der Waals surface area contributed by atoms with Crippen molar-refractivity contribution in [1.82, 2.24) is 10.5 Å². The molecule has 6 nitrogen and oxygen atoms in total. The summed E-state index contributed by atoms with van der Waals surface area (Å²) in [4.78, 5) is 21.8. The summed E-state index contributed by atoms with van der Waals surface area (Å²) in [6.07, 6.45) is 5.89. The molecule has 1 saturated carbocycles. The zero-order valence-corrected chi connectivity index (χ0v) is 18.9. The van der Waals surface area contributed by atoms with Crippen molar-refractivity contribution in [3.63, 3.8) is 0 Å². The van der Waals surface area contributed by atoms with E-state index in [0.29, 0.717) is 12.5 Å². The Morgan fingerprint density at radius 3 is 2.55 bits per heavy atom. The van der Waals surface area contributed by atoms with Crippen molar-refractivity contribution in [2.45, 2.75) is 57.3 Å². The van der Waals surface area contributed by atoms with E-state index in [0.717, 1.165) is 40.8 Å². The molecule has 2 heterocycles. The number of nitrogens with zero attached hydrogens (tertiary/aromatic N) is 1. The molecule has 33 heavy (non-hydrogen) atoms. The Kier molecular flexibility index (Phi) is 6.04. The number of fused-ring (bicyclic) bond motifs is 1. The molecular formula is C27H30N2O4. The first-order valence-corrected chi connectivity index (χ1v) is 11.8. The van der Waals surface area contributed by atoms with Gasteiger partial charge in [-0.25, -0.2) is 9.78 Å². The Morgan fingerprint density at radius 2 is 1.85 bits per heavy atom. The first-order chi connectivity index (χ1) is 16.1. The Morgan fingerprint density at radius 1 is 1.12 bits per heavy atom. The normalized spacial score (nSPS) is 22.6. The highest BCUT2D eigenvalue weighted by Gasteiger charge is 2.60. The summed E-state index contributed by atoms with van der Waals surface area (Å²) in [6.45, 7) is 2.38. The monoisotopic (exact) mass is 446 g/mol. The summed E-state index contributed by atoms with van der Waals surface area (Å²) < 4.78 is 6.01. The molecule has 5 rings (SSSR count). The van der Waals surface area contributed by atoms with Crippen LogP contribution in [-0.4, -0.2) is 21.8 Å². The fourth-order valence-corrected chi connectivity index (χ4v) is 5.37. The summed E-state index contributed by atoms with van der Waals surface area (Å²) in [5, 5.41) is 10.9. The van der Waals surface area contributed by atoms with Gasteiger partial charge in [0.2, 0.25) is 0 Å². The van der Waals surface area contributed by atoms with Crippen LogP contribution in [0.25, 0.3) is 10.9 Å². The maximum absolute atomic E-state index is 11.9. The average molecular weight is 447 g/mol. The van der Waals surface area contributed by atoms with Crippen LogP contribution in [0.4, 0.5) is 0 Å². The van der Waals surface area contributed by atoms with Gasteiger partial charge in [-0.15, -0.1) is 0 Å². The van der Waals surface area contributed by atoms with Crippen molar-refractivity contribution in [2.24, 2.45) is 11.8 Å². The smallest absolute Gasteiger partial charge is 0.355 e. The fourth-order valence-electron chi connectivity index (χ4n) is 5.37. The minimum absolute atomic E-state index is 0.104. The second-order valence-corrected chi connectivity index (χ2v) is 9.31. The van der Waals surface area contributed by atoms with Crippen LogP contribution in [0, 0.1) is 11.8 Å². The third kappa shape index (κ3) is 4.45. The predicted molar refractivity (Wildman–Crippen MR) is 126 cm³/mol. The molecule has 3 atom stereocenters. The number of pyridine rings is 1. The highest BCUT2D eigenvalue weighted by atomic mass is 16.8. The third-order valence-electron chi connectivity index (χ3n) is 7.29. The van der Waals surface area contributed by atoms with Crippen molar-refractivity contribution in [1.29, 1.82) is 0 Å². The number of hydrogen-bond donors (Lipinski definition) is 2. The molecule has 1 aliphatic heterocycles. The summed E-state index contributed by atoms with van der Waals surface area (Å²) >= 11 is 0. The van der Waals surface area contributed by atoms with Crippen LogP contribution in [0.5, 0.6) is 5.75 Å². The number of aromatic nitrogens is 1. The fraction of sp³-hybridized carbons (Fsp3) is 0.407. The summed E-state index contributed by atoms with van der Waals surface area (Å²) in [5.41, 5.74) is 4.37. The SMILES string of the molecule is CC(C(c1ccc(OCc2ccc3ccccc3n2)cc1)C1CCCCC1)C1(C(=O)O)NO1. The molecule has 2 aromatic carbocycles. The molecule has 1 aliphatic carbocycles. The van der Waals surface area contributed by atoms with Gasteiger partial charge in [-0.05, 0) is 54.5 Å². The number of aliphatic carboxylic acids is 1. The predicted octanol–water partition coefficient (Wildman–Crippen LogP) is 5.43. The number of ether oxygens (including phenoxy) is 1. The number of hydroxylamine groups is 1.